The number of alkyl halides is 3. The van der Waals surface area contributed by atoms with Gasteiger partial charge in [-0.05, 0) is 24.7 Å². The minimum Gasteiger partial charge on any atom is -0.170 e. The molecule has 0 aliphatic rings. The lowest BCUT2D eigenvalue weighted by molar-refractivity contribution is -0.261. The molecule has 0 amide bonds. The van der Waals surface area contributed by atoms with Gasteiger partial charge < -0.3 is 0 Å². The molecule has 0 bridgehead atoms. The zero-order valence-electron chi connectivity index (χ0n) is 10.5. The molecule has 0 spiro atoms. The van der Waals surface area contributed by atoms with E-state index in [1.54, 1.807) is 6.92 Å². The first-order chi connectivity index (χ1) is 6.68. The highest BCUT2D eigenvalue weighted by atomic mass is 19.4. The second-order valence-electron chi connectivity index (χ2n) is 4.85. The Labute approximate surface area is 91.3 Å². The van der Waals surface area contributed by atoms with Crippen molar-refractivity contribution >= 4 is 0 Å². The van der Waals surface area contributed by atoms with E-state index in [2.05, 4.69) is 0 Å². The van der Waals surface area contributed by atoms with Crippen LogP contribution in [0.4, 0.5) is 13.2 Å². The highest BCUT2D eigenvalue weighted by Crippen LogP contribution is 2.56. The molecule has 92 valence electrons. The summed E-state index contributed by atoms with van der Waals surface area (Å²) in [6.07, 6.45) is -2.18. The smallest absolute Gasteiger partial charge is 0.170 e. The van der Waals surface area contributed by atoms with Crippen LogP contribution in [0.2, 0.25) is 0 Å². The Kier molecular flexibility index (Phi) is 4.68. The molecule has 0 aliphatic carbocycles. The average Bonchev–Trinajstić information content (AvgIpc) is 2.15. The highest BCUT2D eigenvalue weighted by molar-refractivity contribution is 4.95. The molecule has 0 saturated carbocycles. The van der Waals surface area contributed by atoms with E-state index in [-0.39, 0.29) is 6.42 Å². The fourth-order valence-corrected chi connectivity index (χ4v) is 2.32. The fourth-order valence-electron chi connectivity index (χ4n) is 2.32. The van der Waals surface area contributed by atoms with Gasteiger partial charge in [0.25, 0.3) is 0 Å². The largest absolute Gasteiger partial charge is 0.394 e. The van der Waals surface area contributed by atoms with Crippen molar-refractivity contribution in [3.63, 3.8) is 0 Å². The summed E-state index contributed by atoms with van der Waals surface area (Å²) in [6, 6.07) is 0. The number of halogens is 3. The SMILES string of the molecule is CCC[C@](C)(C(F)(F)F)C(C)(CC)CC. The van der Waals surface area contributed by atoms with Crippen LogP contribution in [0.5, 0.6) is 0 Å². The quantitative estimate of drug-likeness (QED) is 0.603. The van der Waals surface area contributed by atoms with Crippen LogP contribution in [0.15, 0.2) is 0 Å². The monoisotopic (exact) mass is 224 g/mol. The van der Waals surface area contributed by atoms with Crippen LogP contribution in [0.1, 0.15) is 60.3 Å². The molecule has 0 aromatic heterocycles. The van der Waals surface area contributed by atoms with Crippen molar-refractivity contribution in [2.45, 2.75) is 66.5 Å². The average molecular weight is 224 g/mol. The standard InChI is InChI=1S/C12H23F3/c1-6-9-11(5,12(13,14)15)10(4,7-2)8-3/h6-9H2,1-5H3/t11-/m0/s1. The molecule has 1 atom stereocenters. The Morgan fingerprint density at radius 1 is 0.867 bits per heavy atom. The van der Waals surface area contributed by atoms with Crippen molar-refractivity contribution in [3.8, 4) is 0 Å². The van der Waals surface area contributed by atoms with Gasteiger partial charge in [0, 0.05) is 0 Å². The van der Waals surface area contributed by atoms with E-state index in [1.807, 2.05) is 20.8 Å². The van der Waals surface area contributed by atoms with Crippen LogP contribution >= 0.6 is 0 Å². The van der Waals surface area contributed by atoms with Crippen molar-refractivity contribution in [1.82, 2.24) is 0 Å². The van der Waals surface area contributed by atoms with E-state index in [4.69, 9.17) is 0 Å². The van der Waals surface area contributed by atoms with Crippen LogP contribution in [0, 0.1) is 10.8 Å². The van der Waals surface area contributed by atoms with Crippen molar-refractivity contribution in [2.75, 3.05) is 0 Å². The zero-order valence-corrected chi connectivity index (χ0v) is 10.5. The van der Waals surface area contributed by atoms with Crippen LogP contribution in [0.3, 0.4) is 0 Å². The Morgan fingerprint density at radius 3 is 1.47 bits per heavy atom. The second kappa shape index (κ2) is 4.75. The number of rotatable bonds is 5. The lowest BCUT2D eigenvalue weighted by atomic mass is 9.60. The maximum absolute atomic E-state index is 13.2. The van der Waals surface area contributed by atoms with E-state index in [0.29, 0.717) is 19.3 Å². The molecule has 0 aromatic rings. The molecular weight excluding hydrogens is 201 g/mol. The molecule has 0 nitrogen and oxygen atoms in total. The molecule has 0 rings (SSSR count). The van der Waals surface area contributed by atoms with E-state index in [1.165, 1.54) is 6.92 Å². The van der Waals surface area contributed by atoms with Gasteiger partial charge in [0.2, 0.25) is 0 Å². The maximum Gasteiger partial charge on any atom is 0.394 e. The van der Waals surface area contributed by atoms with Gasteiger partial charge in [0.05, 0.1) is 5.41 Å². The molecule has 0 saturated heterocycles. The van der Waals surface area contributed by atoms with Gasteiger partial charge >= 0.3 is 6.18 Å². The van der Waals surface area contributed by atoms with Gasteiger partial charge in [-0.25, -0.2) is 0 Å². The summed E-state index contributed by atoms with van der Waals surface area (Å²) in [7, 11) is 0. The van der Waals surface area contributed by atoms with Gasteiger partial charge in [0.15, 0.2) is 0 Å². The van der Waals surface area contributed by atoms with E-state index in [9.17, 15) is 13.2 Å². The third-order valence-corrected chi connectivity index (χ3v) is 4.27. The summed E-state index contributed by atoms with van der Waals surface area (Å²) in [5, 5.41) is 0. The summed E-state index contributed by atoms with van der Waals surface area (Å²) in [4.78, 5) is 0. The Bertz CT molecular complexity index is 192. The third-order valence-electron chi connectivity index (χ3n) is 4.27. The molecular formula is C12H23F3. The fraction of sp³-hybridized carbons (Fsp3) is 1.00. The predicted molar refractivity (Wildman–Crippen MR) is 57.8 cm³/mol. The van der Waals surface area contributed by atoms with Crippen LogP contribution in [-0.4, -0.2) is 6.18 Å². The van der Waals surface area contributed by atoms with Crippen molar-refractivity contribution < 1.29 is 13.2 Å². The Balaban J connectivity index is 5.27. The summed E-state index contributed by atoms with van der Waals surface area (Å²) in [5.41, 5.74) is -2.21. The van der Waals surface area contributed by atoms with Gasteiger partial charge in [-0.3, -0.25) is 0 Å². The Hall–Kier alpha value is -0.210. The van der Waals surface area contributed by atoms with Crippen LogP contribution in [-0.2, 0) is 0 Å². The topological polar surface area (TPSA) is 0 Å². The molecule has 0 N–H and O–H groups in total. The van der Waals surface area contributed by atoms with Gasteiger partial charge in [-0.2, -0.15) is 13.2 Å². The minimum absolute atomic E-state index is 0.217. The predicted octanol–water partition coefficient (Wildman–Crippen LogP) is 5.18. The minimum atomic E-state index is -4.11. The van der Waals surface area contributed by atoms with E-state index in [0.717, 1.165) is 0 Å². The number of hydrogen-bond acceptors (Lipinski definition) is 0. The molecule has 0 radical (unpaired) electrons. The van der Waals surface area contributed by atoms with E-state index < -0.39 is 17.0 Å². The third kappa shape index (κ3) is 2.48. The molecule has 3 heteroatoms. The molecule has 0 aliphatic heterocycles. The van der Waals surface area contributed by atoms with Gasteiger partial charge in [-0.1, -0.05) is 41.0 Å². The normalized spacial score (nSPS) is 17.6. The summed E-state index contributed by atoms with van der Waals surface area (Å²) < 4.78 is 39.5. The molecule has 0 unspecified atom stereocenters. The zero-order chi connectivity index (χ0) is 12.3. The highest BCUT2D eigenvalue weighted by Gasteiger charge is 2.58. The van der Waals surface area contributed by atoms with Crippen molar-refractivity contribution in [3.05, 3.63) is 0 Å². The van der Waals surface area contributed by atoms with Gasteiger partial charge in [-0.15, -0.1) is 0 Å². The first-order valence-electron chi connectivity index (χ1n) is 5.75. The number of hydrogen-bond donors (Lipinski definition) is 0. The first kappa shape index (κ1) is 14.8. The van der Waals surface area contributed by atoms with Gasteiger partial charge in [0.1, 0.15) is 0 Å². The van der Waals surface area contributed by atoms with E-state index >= 15 is 0 Å². The lowest BCUT2D eigenvalue weighted by Crippen LogP contribution is -2.48. The summed E-state index contributed by atoms with van der Waals surface area (Å²) in [5.74, 6) is 0. The Morgan fingerprint density at radius 2 is 1.27 bits per heavy atom. The summed E-state index contributed by atoms with van der Waals surface area (Å²) in [6.45, 7) is 8.65. The van der Waals surface area contributed by atoms with Crippen molar-refractivity contribution in [2.24, 2.45) is 10.8 Å². The maximum atomic E-state index is 13.2. The molecule has 0 fully saturated rings. The lowest BCUT2D eigenvalue weighted by Gasteiger charge is -2.47. The van der Waals surface area contributed by atoms with Crippen molar-refractivity contribution in [1.29, 1.82) is 0 Å². The molecule has 15 heavy (non-hydrogen) atoms. The van der Waals surface area contributed by atoms with Crippen LogP contribution in [0.25, 0.3) is 0 Å². The first-order valence-corrected chi connectivity index (χ1v) is 5.75. The molecule has 0 heterocycles. The second-order valence-corrected chi connectivity index (χ2v) is 4.85. The summed E-state index contributed by atoms with van der Waals surface area (Å²) >= 11 is 0. The van der Waals surface area contributed by atoms with Crippen LogP contribution < -0.4 is 0 Å². The molecule has 0 aromatic carbocycles.